The first-order valence-corrected chi connectivity index (χ1v) is 9.16. The minimum absolute atomic E-state index is 0.209. The maximum absolute atomic E-state index is 6.48. The number of rotatable bonds is 2. The van der Waals surface area contributed by atoms with E-state index >= 15 is 0 Å². The third kappa shape index (κ3) is 2.32. The van der Waals surface area contributed by atoms with Crippen molar-refractivity contribution in [3.63, 3.8) is 0 Å². The molecule has 0 saturated heterocycles. The Morgan fingerprint density at radius 2 is 1.38 bits per heavy atom. The normalized spacial score (nSPS) is 20.9. The molecule has 2 aliphatic rings. The molecule has 1 heteroatoms. The second-order valence-electron chi connectivity index (χ2n) is 6.97. The molecule has 0 saturated carbocycles. The number of hydrogen-bond donors (Lipinski definition) is 0. The molecule has 0 fully saturated rings. The molecule has 3 aromatic rings. The number of fused-ring (bicyclic) bond motifs is 2. The molecule has 0 amide bonds. The van der Waals surface area contributed by atoms with E-state index in [1.54, 1.807) is 0 Å². The highest BCUT2D eigenvalue weighted by atomic mass is 16.5. The maximum Gasteiger partial charge on any atom is 0.131 e. The fraction of sp³-hybridized carbons (Fsp3) is 0.120. The van der Waals surface area contributed by atoms with E-state index in [1.807, 2.05) is 6.07 Å². The van der Waals surface area contributed by atoms with Crippen LogP contribution >= 0.6 is 0 Å². The standard InChI is InChI=1S/C25H20O/c1-17-20-14-8-9-15-21(20)24-22(18-10-4-2-5-11-18)16-23(26-25(17)24)19-12-6-3-7-13-19/h2-17,22H,1H3. The van der Waals surface area contributed by atoms with E-state index in [0.29, 0.717) is 0 Å². The van der Waals surface area contributed by atoms with Gasteiger partial charge in [-0.2, -0.15) is 0 Å². The number of benzene rings is 3. The molecule has 0 radical (unpaired) electrons. The van der Waals surface area contributed by atoms with E-state index in [0.717, 1.165) is 17.1 Å². The molecule has 126 valence electrons. The summed E-state index contributed by atoms with van der Waals surface area (Å²) in [6.45, 7) is 2.25. The van der Waals surface area contributed by atoms with Gasteiger partial charge in [-0.15, -0.1) is 0 Å². The SMILES string of the molecule is CC1C2=C(c3ccccc31)C(c1ccccc1)C=C(c1ccccc1)O2. The lowest BCUT2D eigenvalue weighted by molar-refractivity contribution is 0.350. The number of allylic oxidation sites excluding steroid dienone is 3. The molecule has 26 heavy (non-hydrogen) atoms. The second kappa shape index (κ2) is 6.03. The Bertz CT molecular complexity index is 1010. The second-order valence-corrected chi connectivity index (χ2v) is 6.97. The van der Waals surface area contributed by atoms with Gasteiger partial charge in [-0.3, -0.25) is 0 Å². The van der Waals surface area contributed by atoms with Crippen LogP contribution in [0.15, 0.2) is 96.8 Å². The van der Waals surface area contributed by atoms with Crippen molar-refractivity contribution < 1.29 is 4.74 Å². The molecule has 2 unspecified atom stereocenters. The summed E-state index contributed by atoms with van der Waals surface area (Å²) in [5.41, 5.74) is 6.44. The van der Waals surface area contributed by atoms with Crippen LogP contribution in [0.4, 0.5) is 0 Å². The summed E-state index contributed by atoms with van der Waals surface area (Å²) in [5.74, 6) is 2.54. The van der Waals surface area contributed by atoms with Gasteiger partial charge in [-0.1, -0.05) is 91.9 Å². The van der Waals surface area contributed by atoms with Gasteiger partial charge in [0.2, 0.25) is 0 Å². The lowest BCUT2D eigenvalue weighted by Crippen LogP contribution is -2.09. The summed E-state index contributed by atoms with van der Waals surface area (Å²) in [6, 6.07) is 29.8. The van der Waals surface area contributed by atoms with E-state index in [4.69, 9.17) is 4.74 Å². The molecule has 0 N–H and O–H groups in total. The molecule has 2 atom stereocenters. The average molecular weight is 336 g/mol. The van der Waals surface area contributed by atoms with Gasteiger partial charge in [0.25, 0.3) is 0 Å². The molecule has 1 aliphatic carbocycles. The summed E-state index contributed by atoms with van der Waals surface area (Å²) < 4.78 is 6.48. The third-order valence-electron chi connectivity index (χ3n) is 5.44. The Morgan fingerprint density at radius 1 is 0.731 bits per heavy atom. The van der Waals surface area contributed by atoms with E-state index in [-0.39, 0.29) is 11.8 Å². The van der Waals surface area contributed by atoms with Crippen molar-refractivity contribution in [2.45, 2.75) is 18.8 Å². The van der Waals surface area contributed by atoms with Gasteiger partial charge in [-0.05, 0) is 22.8 Å². The Labute approximate surface area is 154 Å². The maximum atomic E-state index is 6.48. The van der Waals surface area contributed by atoms with E-state index < -0.39 is 0 Å². The Balaban J connectivity index is 1.70. The Kier molecular flexibility index (Phi) is 3.53. The molecule has 0 bridgehead atoms. The predicted molar refractivity (Wildman–Crippen MR) is 106 cm³/mol. The highest BCUT2D eigenvalue weighted by Gasteiger charge is 2.37. The first kappa shape index (κ1) is 15.2. The van der Waals surface area contributed by atoms with Crippen molar-refractivity contribution in [2.24, 2.45) is 0 Å². The largest absolute Gasteiger partial charge is 0.460 e. The van der Waals surface area contributed by atoms with Gasteiger partial charge in [0.1, 0.15) is 11.5 Å². The molecular formula is C25H20O. The summed E-state index contributed by atoms with van der Waals surface area (Å²) in [7, 11) is 0. The lowest BCUT2D eigenvalue weighted by Gasteiger charge is -2.26. The van der Waals surface area contributed by atoms with Crippen molar-refractivity contribution in [3.8, 4) is 0 Å². The fourth-order valence-corrected chi connectivity index (χ4v) is 4.16. The molecule has 0 spiro atoms. The van der Waals surface area contributed by atoms with Crippen LogP contribution in [0.25, 0.3) is 11.3 Å². The van der Waals surface area contributed by atoms with Crippen molar-refractivity contribution in [3.05, 3.63) is 119 Å². The molecule has 3 aromatic carbocycles. The van der Waals surface area contributed by atoms with Crippen LogP contribution in [0.1, 0.15) is 41.0 Å². The lowest BCUT2D eigenvalue weighted by atomic mass is 9.85. The minimum Gasteiger partial charge on any atom is -0.460 e. The molecule has 1 heterocycles. The Morgan fingerprint density at radius 3 is 2.15 bits per heavy atom. The van der Waals surface area contributed by atoms with E-state index in [9.17, 15) is 0 Å². The highest BCUT2D eigenvalue weighted by molar-refractivity contribution is 5.86. The van der Waals surface area contributed by atoms with E-state index in [1.165, 1.54) is 22.3 Å². The van der Waals surface area contributed by atoms with Crippen LogP contribution < -0.4 is 0 Å². The van der Waals surface area contributed by atoms with Crippen LogP contribution in [0.5, 0.6) is 0 Å². The van der Waals surface area contributed by atoms with Crippen molar-refractivity contribution in [1.29, 1.82) is 0 Å². The first-order chi connectivity index (χ1) is 12.8. The zero-order chi connectivity index (χ0) is 17.5. The predicted octanol–water partition coefficient (Wildman–Crippen LogP) is 6.37. The minimum atomic E-state index is 0.209. The van der Waals surface area contributed by atoms with Gasteiger partial charge < -0.3 is 4.74 Å². The summed E-state index contributed by atoms with van der Waals surface area (Å²) >= 11 is 0. The molecular weight excluding hydrogens is 316 g/mol. The Hall–Kier alpha value is -3.06. The summed E-state index contributed by atoms with van der Waals surface area (Å²) in [4.78, 5) is 0. The number of hydrogen-bond acceptors (Lipinski definition) is 1. The third-order valence-corrected chi connectivity index (χ3v) is 5.44. The number of ether oxygens (including phenoxy) is 1. The van der Waals surface area contributed by atoms with Gasteiger partial charge in [0.05, 0.1) is 0 Å². The molecule has 1 nitrogen and oxygen atoms in total. The first-order valence-electron chi connectivity index (χ1n) is 9.16. The van der Waals surface area contributed by atoms with Crippen molar-refractivity contribution in [1.82, 2.24) is 0 Å². The van der Waals surface area contributed by atoms with Crippen LogP contribution in [-0.2, 0) is 4.74 Å². The molecule has 1 aliphatic heterocycles. The van der Waals surface area contributed by atoms with Crippen LogP contribution in [0.3, 0.4) is 0 Å². The molecule has 0 aromatic heterocycles. The fourth-order valence-electron chi connectivity index (χ4n) is 4.16. The smallest absolute Gasteiger partial charge is 0.131 e. The summed E-state index contributed by atoms with van der Waals surface area (Å²) in [6.07, 6.45) is 2.28. The van der Waals surface area contributed by atoms with Crippen LogP contribution in [0, 0.1) is 0 Å². The van der Waals surface area contributed by atoms with Gasteiger partial charge in [0, 0.05) is 23.0 Å². The average Bonchev–Trinajstić information content (AvgIpc) is 3.01. The monoisotopic (exact) mass is 336 g/mol. The summed E-state index contributed by atoms with van der Waals surface area (Å²) in [5, 5.41) is 0. The molecule has 5 rings (SSSR count). The van der Waals surface area contributed by atoms with E-state index in [2.05, 4.69) is 91.9 Å². The quantitative estimate of drug-likeness (QED) is 0.528. The van der Waals surface area contributed by atoms with Crippen LogP contribution in [0.2, 0.25) is 0 Å². The van der Waals surface area contributed by atoms with Crippen LogP contribution in [-0.4, -0.2) is 0 Å². The van der Waals surface area contributed by atoms with Gasteiger partial charge >= 0.3 is 0 Å². The topological polar surface area (TPSA) is 9.23 Å². The van der Waals surface area contributed by atoms with Crippen molar-refractivity contribution in [2.75, 3.05) is 0 Å². The zero-order valence-electron chi connectivity index (χ0n) is 14.7. The highest BCUT2D eigenvalue weighted by Crippen LogP contribution is 2.52. The van der Waals surface area contributed by atoms with Crippen molar-refractivity contribution >= 4 is 11.3 Å². The van der Waals surface area contributed by atoms with Gasteiger partial charge in [-0.25, -0.2) is 0 Å². The zero-order valence-corrected chi connectivity index (χ0v) is 14.7. The van der Waals surface area contributed by atoms with Gasteiger partial charge in [0.15, 0.2) is 0 Å².